The molecule has 2 rings (SSSR count). The molecule has 88 valence electrons. The maximum absolute atomic E-state index is 12.5. The van der Waals surface area contributed by atoms with Crippen LogP contribution < -0.4 is 0 Å². The van der Waals surface area contributed by atoms with E-state index in [-0.39, 0.29) is 5.02 Å². The largest absolute Gasteiger partial charge is 0.417 e. The average Bonchev–Trinajstić information content (AvgIpc) is 2.28. The minimum atomic E-state index is -4.42. The van der Waals surface area contributed by atoms with Gasteiger partial charge in [-0.3, -0.25) is 4.98 Å². The first-order valence-electron chi connectivity index (χ1n) is 4.75. The summed E-state index contributed by atoms with van der Waals surface area (Å²) in [6.07, 6.45) is -1.28. The third-order valence-corrected chi connectivity index (χ3v) is 2.60. The van der Waals surface area contributed by atoms with Crippen LogP contribution in [0.4, 0.5) is 13.2 Å². The third-order valence-electron chi connectivity index (χ3n) is 2.29. The van der Waals surface area contributed by atoms with E-state index in [4.69, 9.17) is 11.6 Å². The summed E-state index contributed by atoms with van der Waals surface area (Å²) < 4.78 is 37.5. The van der Waals surface area contributed by atoms with Gasteiger partial charge in [0.2, 0.25) is 0 Å². The second kappa shape index (κ2) is 4.37. The summed E-state index contributed by atoms with van der Waals surface area (Å²) in [6.45, 7) is 0. The number of benzene rings is 1. The van der Waals surface area contributed by atoms with E-state index in [1.165, 1.54) is 12.1 Å². The predicted octanol–water partition coefficient (Wildman–Crippen LogP) is 4.42. The van der Waals surface area contributed by atoms with E-state index in [2.05, 4.69) is 4.98 Å². The Balaban J connectivity index is 2.45. The van der Waals surface area contributed by atoms with Crippen molar-refractivity contribution in [2.75, 3.05) is 0 Å². The topological polar surface area (TPSA) is 12.9 Å². The average molecular weight is 258 g/mol. The molecule has 0 aliphatic carbocycles. The molecule has 2 aromatic rings. The van der Waals surface area contributed by atoms with E-state index < -0.39 is 11.7 Å². The van der Waals surface area contributed by atoms with Crippen LogP contribution in [0, 0.1) is 0 Å². The minimum absolute atomic E-state index is 0.299. The molecule has 1 heterocycles. The van der Waals surface area contributed by atoms with Crippen molar-refractivity contribution in [3.63, 3.8) is 0 Å². The minimum Gasteiger partial charge on any atom is -0.265 e. The fraction of sp³-hybridized carbons (Fsp3) is 0.0833. The van der Waals surface area contributed by atoms with E-state index in [1.807, 2.05) is 0 Å². The fourth-order valence-electron chi connectivity index (χ4n) is 1.47. The molecule has 0 aliphatic rings. The van der Waals surface area contributed by atoms with Gasteiger partial charge >= 0.3 is 6.18 Å². The van der Waals surface area contributed by atoms with Crippen LogP contribution in [0.15, 0.2) is 42.7 Å². The Hall–Kier alpha value is -1.55. The zero-order chi connectivity index (χ0) is 12.5. The number of alkyl halides is 3. The van der Waals surface area contributed by atoms with Gasteiger partial charge < -0.3 is 0 Å². The first-order valence-corrected chi connectivity index (χ1v) is 5.13. The van der Waals surface area contributed by atoms with E-state index in [1.54, 1.807) is 24.5 Å². The Morgan fingerprint density at radius 1 is 0.941 bits per heavy atom. The molecule has 0 aliphatic heterocycles. The molecule has 5 heteroatoms. The van der Waals surface area contributed by atoms with Crippen LogP contribution in [0.1, 0.15) is 5.56 Å². The molecule has 1 aromatic heterocycles. The van der Waals surface area contributed by atoms with Gasteiger partial charge in [0.05, 0.1) is 10.6 Å². The Morgan fingerprint density at radius 2 is 1.59 bits per heavy atom. The summed E-state index contributed by atoms with van der Waals surface area (Å²) in [6, 6.07) is 7.10. The molecule has 1 aromatic carbocycles. The van der Waals surface area contributed by atoms with Crippen molar-refractivity contribution >= 4 is 11.6 Å². The zero-order valence-electron chi connectivity index (χ0n) is 8.50. The van der Waals surface area contributed by atoms with Crippen LogP contribution in [0.5, 0.6) is 0 Å². The second-order valence-electron chi connectivity index (χ2n) is 3.43. The van der Waals surface area contributed by atoms with Gasteiger partial charge in [0.25, 0.3) is 0 Å². The fourth-order valence-corrected chi connectivity index (χ4v) is 1.76. The van der Waals surface area contributed by atoms with Crippen molar-refractivity contribution in [1.82, 2.24) is 4.98 Å². The van der Waals surface area contributed by atoms with Crippen LogP contribution in [0.25, 0.3) is 11.1 Å². The summed E-state index contributed by atoms with van der Waals surface area (Å²) in [7, 11) is 0. The van der Waals surface area contributed by atoms with Crippen molar-refractivity contribution in [3.05, 3.63) is 53.3 Å². The summed E-state index contributed by atoms with van der Waals surface area (Å²) in [4.78, 5) is 3.84. The summed E-state index contributed by atoms with van der Waals surface area (Å²) >= 11 is 5.63. The highest BCUT2D eigenvalue weighted by Gasteiger charge is 2.32. The van der Waals surface area contributed by atoms with Gasteiger partial charge in [-0.1, -0.05) is 17.7 Å². The summed E-state index contributed by atoms with van der Waals surface area (Å²) in [5.41, 5.74) is 0.581. The highest BCUT2D eigenvalue weighted by molar-refractivity contribution is 6.31. The molecule has 0 unspecified atom stereocenters. The molecule has 0 amide bonds. The molecular formula is C12H7ClF3N. The van der Waals surface area contributed by atoms with E-state index in [9.17, 15) is 13.2 Å². The number of rotatable bonds is 1. The Kier molecular flexibility index (Phi) is 3.07. The molecule has 0 radical (unpaired) electrons. The van der Waals surface area contributed by atoms with Crippen molar-refractivity contribution < 1.29 is 13.2 Å². The molecular weight excluding hydrogens is 251 g/mol. The van der Waals surface area contributed by atoms with Crippen molar-refractivity contribution in [3.8, 4) is 11.1 Å². The smallest absolute Gasteiger partial charge is 0.265 e. The lowest BCUT2D eigenvalue weighted by atomic mass is 10.1. The summed E-state index contributed by atoms with van der Waals surface area (Å²) in [5.74, 6) is 0. The van der Waals surface area contributed by atoms with Gasteiger partial charge in [-0.15, -0.1) is 0 Å². The van der Waals surface area contributed by atoms with Crippen molar-refractivity contribution in [2.24, 2.45) is 0 Å². The van der Waals surface area contributed by atoms with Crippen LogP contribution >= 0.6 is 11.6 Å². The molecule has 0 saturated heterocycles. The highest BCUT2D eigenvalue weighted by Crippen LogP contribution is 2.36. The number of halogens is 4. The molecule has 0 atom stereocenters. The molecule has 0 saturated carbocycles. The Labute approximate surface area is 101 Å². The quantitative estimate of drug-likeness (QED) is 0.737. The zero-order valence-corrected chi connectivity index (χ0v) is 9.26. The van der Waals surface area contributed by atoms with Crippen LogP contribution in [0.2, 0.25) is 5.02 Å². The standard InChI is InChI=1S/C12H7ClF3N/c13-11-7-9(8-3-5-17-6-4-8)1-2-10(11)12(14,15)16/h1-7H. The highest BCUT2D eigenvalue weighted by atomic mass is 35.5. The van der Waals surface area contributed by atoms with Crippen molar-refractivity contribution in [1.29, 1.82) is 0 Å². The number of pyridine rings is 1. The summed E-state index contributed by atoms with van der Waals surface area (Å²) in [5, 5.41) is -0.299. The third kappa shape index (κ3) is 2.58. The van der Waals surface area contributed by atoms with Gasteiger partial charge in [0.15, 0.2) is 0 Å². The van der Waals surface area contributed by atoms with Gasteiger partial charge in [-0.05, 0) is 35.4 Å². The Morgan fingerprint density at radius 3 is 2.12 bits per heavy atom. The van der Waals surface area contributed by atoms with Crippen LogP contribution in [0.3, 0.4) is 0 Å². The Bertz CT molecular complexity index is 523. The maximum atomic E-state index is 12.5. The SMILES string of the molecule is FC(F)(F)c1ccc(-c2ccncc2)cc1Cl. The van der Waals surface area contributed by atoms with Crippen LogP contribution in [-0.4, -0.2) is 4.98 Å². The molecule has 0 spiro atoms. The van der Waals surface area contributed by atoms with Gasteiger partial charge in [0.1, 0.15) is 0 Å². The van der Waals surface area contributed by atoms with E-state index in [0.29, 0.717) is 5.56 Å². The van der Waals surface area contributed by atoms with Gasteiger partial charge in [-0.2, -0.15) is 13.2 Å². The molecule has 0 fully saturated rings. The predicted molar refractivity (Wildman–Crippen MR) is 59.7 cm³/mol. The monoisotopic (exact) mass is 257 g/mol. The second-order valence-corrected chi connectivity index (χ2v) is 3.84. The van der Waals surface area contributed by atoms with Gasteiger partial charge in [-0.25, -0.2) is 0 Å². The molecule has 0 bridgehead atoms. The number of hydrogen-bond acceptors (Lipinski definition) is 1. The van der Waals surface area contributed by atoms with Gasteiger partial charge in [0, 0.05) is 12.4 Å². The lowest BCUT2D eigenvalue weighted by Crippen LogP contribution is -2.05. The maximum Gasteiger partial charge on any atom is 0.417 e. The number of aromatic nitrogens is 1. The first-order chi connectivity index (χ1) is 7.98. The number of nitrogens with zero attached hydrogens (tertiary/aromatic N) is 1. The lowest BCUT2D eigenvalue weighted by Gasteiger charge is -2.10. The number of hydrogen-bond donors (Lipinski definition) is 0. The lowest BCUT2D eigenvalue weighted by molar-refractivity contribution is -0.137. The van der Waals surface area contributed by atoms with E-state index in [0.717, 1.165) is 11.6 Å². The van der Waals surface area contributed by atoms with Crippen LogP contribution in [-0.2, 0) is 6.18 Å². The molecule has 17 heavy (non-hydrogen) atoms. The molecule has 1 nitrogen and oxygen atoms in total. The first kappa shape index (κ1) is 11.9. The normalized spacial score (nSPS) is 11.5. The molecule has 0 N–H and O–H groups in total. The van der Waals surface area contributed by atoms with E-state index >= 15 is 0 Å². The van der Waals surface area contributed by atoms with Crippen molar-refractivity contribution in [2.45, 2.75) is 6.18 Å².